The minimum absolute atomic E-state index is 0.0480. The molecule has 7 atom stereocenters. The van der Waals surface area contributed by atoms with Gasteiger partial charge in [0.2, 0.25) is 27.7 Å². The summed E-state index contributed by atoms with van der Waals surface area (Å²) < 4.78 is 83.7. The molecule has 6 rings (SSSR count). The van der Waals surface area contributed by atoms with Gasteiger partial charge >= 0.3 is 12.3 Å². The van der Waals surface area contributed by atoms with E-state index in [1.807, 2.05) is 19.1 Å². The minimum Gasteiger partial charge on any atom is -0.497 e. The second-order valence-corrected chi connectivity index (χ2v) is 20.1. The molecule has 330 valence electrons. The lowest BCUT2D eigenvalue weighted by molar-refractivity contribution is -0.222. The lowest BCUT2D eigenvalue weighted by atomic mass is 9.85. The van der Waals surface area contributed by atoms with E-state index >= 15 is 4.79 Å². The SMILES string of the molecule is COc1ccc2c(O[C@@H]3C[C@H]4C(=O)N[C@]5(C(=O)NS(=O)(=O)C6(C)CC6)C[C@H]5/C=C\CC[C@@H](C)C[C@@H](C)[C@H](N(C(=O)O)C(C)(C)C(F)(F)F)C(=O)N4C3)nc(N(C)C)cc2c1. The van der Waals surface area contributed by atoms with Gasteiger partial charge in [-0.3, -0.25) is 24.0 Å². The molecular weight excluding hydrogens is 810 g/mol. The molecule has 4 aliphatic rings. The topological polar surface area (TPSA) is 188 Å². The van der Waals surface area contributed by atoms with Gasteiger partial charge in [-0.25, -0.2) is 13.2 Å². The van der Waals surface area contributed by atoms with Crippen molar-refractivity contribution in [3.8, 4) is 11.6 Å². The zero-order valence-electron chi connectivity index (χ0n) is 35.1. The summed E-state index contributed by atoms with van der Waals surface area (Å²) >= 11 is 0. The number of ether oxygens (including phenoxy) is 2. The molecule has 15 nitrogen and oxygen atoms in total. The first-order valence-electron chi connectivity index (χ1n) is 20.1. The maximum atomic E-state index is 15.1. The lowest BCUT2D eigenvalue weighted by Crippen LogP contribution is -2.66. The molecule has 3 N–H and O–H groups in total. The van der Waals surface area contributed by atoms with Gasteiger partial charge < -0.3 is 29.7 Å². The van der Waals surface area contributed by atoms with Crippen LogP contribution in [0.15, 0.2) is 36.4 Å². The van der Waals surface area contributed by atoms with Crippen LogP contribution in [0, 0.1) is 17.8 Å². The summed E-state index contributed by atoms with van der Waals surface area (Å²) in [5, 5.41) is 14.5. The second kappa shape index (κ2) is 15.9. The van der Waals surface area contributed by atoms with Crippen molar-refractivity contribution in [3.05, 3.63) is 36.4 Å². The molecule has 3 fully saturated rings. The molecule has 1 saturated heterocycles. The number of amides is 4. The smallest absolute Gasteiger partial charge is 0.411 e. The Morgan fingerprint density at radius 1 is 1.10 bits per heavy atom. The molecule has 2 aliphatic carbocycles. The van der Waals surface area contributed by atoms with Crippen LogP contribution in [0.5, 0.6) is 11.6 Å². The van der Waals surface area contributed by atoms with Gasteiger partial charge in [0.15, 0.2) is 0 Å². The summed E-state index contributed by atoms with van der Waals surface area (Å²) in [6.07, 6.45) is -2.88. The Kier molecular flexibility index (Phi) is 11.9. The summed E-state index contributed by atoms with van der Waals surface area (Å²) in [6, 6.07) is 3.62. The largest absolute Gasteiger partial charge is 0.497 e. The van der Waals surface area contributed by atoms with Gasteiger partial charge in [0.1, 0.15) is 40.8 Å². The van der Waals surface area contributed by atoms with E-state index in [9.17, 15) is 41.1 Å². The highest BCUT2D eigenvalue weighted by atomic mass is 32.2. The molecule has 19 heteroatoms. The normalized spacial score (nSPS) is 28.9. The van der Waals surface area contributed by atoms with E-state index in [-0.39, 0.29) is 42.5 Å². The number of fused-ring (bicyclic) bond motifs is 3. The molecule has 0 bridgehead atoms. The molecule has 2 aliphatic heterocycles. The summed E-state index contributed by atoms with van der Waals surface area (Å²) in [5.74, 6) is -3.45. The fourth-order valence-electron chi connectivity index (χ4n) is 8.38. The molecule has 3 heterocycles. The van der Waals surface area contributed by atoms with Crippen molar-refractivity contribution < 1.29 is 55.3 Å². The quantitative estimate of drug-likeness (QED) is 0.280. The van der Waals surface area contributed by atoms with E-state index in [1.54, 1.807) is 43.3 Å². The number of pyridine rings is 1. The number of carboxylic acid groups (broad SMARTS) is 1. The predicted molar refractivity (Wildman–Crippen MR) is 216 cm³/mol. The van der Waals surface area contributed by atoms with Crippen molar-refractivity contribution in [2.45, 2.75) is 120 Å². The average molecular weight is 865 g/mol. The lowest BCUT2D eigenvalue weighted by Gasteiger charge is -2.45. The molecule has 4 amide bonds. The standard InChI is InChI=1S/C41H55F3N6O9S/c1-23-11-9-10-12-26-21-40(26,36(53)47-60(56,57)39(5)15-16-39)46-33(51)30-20-28(59-34-29-14-13-27(58-8)18-25(29)19-31(45-34)48(6)7)22-49(30)35(52)32(24(2)17-23)50(37(54)55)38(3,4)41(42,43)44/h10,12-14,18-19,23-24,26,28,30,32H,9,11,15-17,20-22H2,1-8H3,(H,46,51)(H,47,53)(H,54,55)/b12-10-/t23-,24-,26-,28-,30+,32+,40-/m1/s1. The third-order valence-corrected chi connectivity index (χ3v) is 14.9. The fourth-order valence-corrected chi connectivity index (χ4v) is 9.69. The first-order chi connectivity index (χ1) is 27.9. The molecule has 0 spiro atoms. The predicted octanol–water partition coefficient (Wildman–Crippen LogP) is 5.23. The number of anilines is 1. The van der Waals surface area contributed by atoms with E-state index in [0.29, 0.717) is 61.9 Å². The van der Waals surface area contributed by atoms with Crippen molar-refractivity contribution in [1.82, 2.24) is 24.8 Å². The number of hydrogen-bond donors (Lipinski definition) is 3. The molecule has 0 radical (unpaired) electrons. The highest BCUT2D eigenvalue weighted by Crippen LogP contribution is 2.48. The van der Waals surface area contributed by atoms with Gasteiger partial charge in [0, 0.05) is 31.8 Å². The molecule has 2 aromatic rings. The van der Waals surface area contributed by atoms with Crippen LogP contribution in [-0.2, 0) is 24.4 Å². The van der Waals surface area contributed by atoms with E-state index < -0.39 is 85.9 Å². The van der Waals surface area contributed by atoms with E-state index in [2.05, 4.69) is 15.0 Å². The molecule has 1 aromatic carbocycles. The molecule has 0 unspecified atom stereocenters. The van der Waals surface area contributed by atoms with Gasteiger partial charge in [-0.1, -0.05) is 26.0 Å². The molecular formula is C41H55F3N6O9S. The average Bonchev–Trinajstić information content (AvgIpc) is 4.03. The Morgan fingerprint density at radius 3 is 2.38 bits per heavy atom. The Balaban J connectivity index is 1.45. The van der Waals surface area contributed by atoms with Crippen molar-refractivity contribution in [3.63, 3.8) is 0 Å². The first kappa shape index (κ1) is 44.7. The number of sulfonamides is 1. The van der Waals surface area contributed by atoms with Crippen LogP contribution in [-0.4, -0.2) is 120 Å². The van der Waals surface area contributed by atoms with Gasteiger partial charge in [-0.05, 0) is 101 Å². The number of hydrogen-bond acceptors (Lipinski definition) is 10. The Labute approximate surface area is 348 Å². The highest BCUT2D eigenvalue weighted by molar-refractivity contribution is 7.91. The van der Waals surface area contributed by atoms with Crippen LogP contribution in [0.4, 0.5) is 23.8 Å². The van der Waals surface area contributed by atoms with Crippen LogP contribution in [0.3, 0.4) is 0 Å². The summed E-state index contributed by atoms with van der Waals surface area (Å²) in [7, 11) is 0.936. The number of benzene rings is 1. The van der Waals surface area contributed by atoms with E-state index in [0.717, 1.165) is 4.90 Å². The zero-order chi connectivity index (χ0) is 44.3. The van der Waals surface area contributed by atoms with Crippen molar-refractivity contribution in [2.24, 2.45) is 17.8 Å². The summed E-state index contributed by atoms with van der Waals surface area (Å²) in [5.41, 5.74) is -4.76. The first-order valence-corrected chi connectivity index (χ1v) is 21.6. The van der Waals surface area contributed by atoms with Crippen molar-refractivity contribution >= 4 is 50.4 Å². The Hall–Kier alpha value is -4.81. The van der Waals surface area contributed by atoms with Gasteiger partial charge in [-0.15, -0.1) is 0 Å². The summed E-state index contributed by atoms with van der Waals surface area (Å²) in [4.78, 5) is 64.3. The molecule has 1 aromatic heterocycles. The number of alkyl halides is 3. The van der Waals surface area contributed by atoms with Crippen LogP contribution in [0.1, 0.15) is 79.6 Å². The molecule has 2 saturated carbocycles. The van der Waals surface area contributed by atoms with Crippen LogP contribution in [0.25, 0.3) is 10.8 Å². The number of methoxy groups -OCH3 is 1. The van der Waals surface area contributed by atoms with Crippen molar-refractivity contribution in [2.75, 3.05) is 32.6 Å². The van der Waals surface area contributed by atoms with E-state index in [1.165, 1.54) is 21.0 Å². The number of allylic oxidation sites excluding steroid dienone is 1. The van der Waals surface area contributed by atoms with Crippen LogP contribution >= 0.6 is 0 Å². The third-order valence-electron chi connectivity index (χ3n) is 12.7. The fraction of sp³-hybridized carbons (Fsp3) is 0.634. The minimum atomic E-state index is -5.10. The number of carbonyl (C=O) groups excluding carboxylic acids is 3. The Morgan fingerprint density at radius 2 is 1.78 bits per heavy atom. The number of carbonyl (C=O) groups is 4. The van der Waals surface area contributed by atoms with Gasteiger partial charge in [0.05, 0.1) is 18.4 Å². The van der Waals surface area contributed by atoms with Crippen molar-refractivity contribution in [1.29, 1.82) is 0 Å². The number of halogens is 3. The molecule has 60 heavy (non-hydrogen) atoms. The number of nitrogens with zero attached hydrogens (tertiary/aromatic N) is 4. The number of aromatic nitrogens is 1. The van der Waals surface area contributed by atoms with Crippen LogP contribution < -0.4 is 24.4 Å². The maximum absolute atomic E-state index is 15.1. The highest BCUT2D eigenvalue weighted by Gasteiger charge is 2.64. The number of nitrogens with one attached hydrogen (secondary N) is 2. The third kappa shape index (κ3) is 8.42. The summed E-state index contributed by atoms with van der Waals surface area (Å²) in [6.45, 7) is 5.92. The van der Waals surface area contributed by atoms with Crippen LogP contribution in [0.2, 0.25) is 0 Å². The second-order valence-electron chi connectivity index (χ2n) is 17.9. The zero-order valence-corrected chi connectivity index (χ0v) is 35.9. The van der Waals surface area contributed by atoms with Gasteiger partial charge in [-0.2, -0.15) is 18.2 Å². The van der Waals surface area contributed by atoms with Gasteiger partial charge in [0.25, 0.3) is 5.91 Å². The Bertz CT molecular complexity index is 2180. The maximum Gasteiger partial charge on any atom is 0.411 e. The number of rotatable bonds is 9. The van der Waals surface area contributed by atoms with E-state index in [4.69, 9.17) is 9.47 Å². The monoisotopic (exact) mass is 864 g/mol.